The Morgan fingerprint density at radius 1 is 1.41 bits per heavy atom. The Labute approximate surface area is 104 Å². The second-order valence-electron chi connectivity index (χ2n) is 4.75. The molecule has 0 saturated carbocycles. The number of urea groups is 1. The molecule has 1 aromatic rings. The van der Waals surface area contributed by atoms with Crippen LogP contribution in [0.3, 0.4) is 0 Å². The maximum Gasteiger partial charge on any atom is 0.317 e. The maximum atomic E-state index is 11.5. The molecule has 0 atom stereocenters. The molecular formula is C14H22N2O. The molecule has 0 heterocycles. The lowest BCUT2D eigenvalue weighted by Crippen LogP contribution is -2.34. The zero-order valence-electron chi connectivity index (χ0n) is 11.4. The van der Waals surface area contributed by atoms with Crippen molar-refractivity contribution in [1.82, 2.24) is 10.2 Å². The van der Waals surface area contributed by atoms with Gasteiger partial charge in [0.1, 0.15) is 0 Å². The Hall–Kier alpha value is -1.51. The third-order valence-electron chi connectivity index (χ3n) is 3.01. The van der Waals surface area contributed by atoms with Gasteiger partial charge in [-0.1, -0.05) is 32.0 Å². The highest BCUT2D eigenvalue weighted by Crippen LogP contribution is 2.19. The van der Waals surface area contributed by atoms with E-state index in [0.717, 1.165) is 0 Å². The summed E-state index contributed by atoms with van der Waals surface area (Å²) in [5.74, 6) is 0.514. The van der Waals surface area contributed by atoms with E-state index < -0.39 is 0 Å². The lowest BCUT2D eigenvalue weighted by Gasteiger charge is -2.19. The first kappa shape index (κ1) is 13.6. The van der Waals surface area contributed by atoms with Crippen LogP contribution in [-0.2, 0) is 6.54 Å². The predicted molar refractivity (Wildman–Crippen MR) is 71.2 cm³/mol. The van der Waals surface area contributed by atoms with Crippen molar-refractivity contribution < 1.29 is 4.79 Å². The number of nitrogens with zero attached hydrogens (tertiary/aromatic N) is 1. The van der Waals surface area contributed by atoms with Crippen molar-refractivity contribution in [2.45, 2.75) is 33.2 Å². The first-order valence-electron chi connectivity index (χ1n) is 5.98. The fraction of sp³-hybridized carbons (Fsp3) is 0.500. The molecule has 2 amide bonds. The second kappa shape index (κ2) is 5.71. The van der Waals surface area contributed by atoms with Gasteiger partial charge in [-0.15, -0.1) is 0 Å². The molecule has 3 nitrogen and oxygen atoms in total. The summed E-state index contributed by atoms with van der Waals surface area (Å²) in [6, 6.07) is 6.42. The number of aryl methyl sites for hydroxylation is 1. The molecule has 0 radical (unpaired) electrons. The van der Waals surface area contributed by atoms with Crippen molar-refractivity contribution in [3.63, 3.8) is 0 Å². The summed E-state index contributed by atoms with van der Waals surface area (Å²) in [4.78, 5) is 13.1. The topological polar surface area (TPSA) is 32.3 Å². The van der Waals surface area contributed by atoms with E-state index in [1.807, 2.05) is 0 Å². The predicted octanol–water partition coefficient (Wildman–Crippen LogP) is 2.89. The average molecular weight is 234 g/mol. The van der Waals surface area contributed by atoms with Gasteiger partial charge in [0.25, 0.3) is 0 Å². The Morgan fingerprint density at radius 3 is 2.59 bits per heavy atom. The molecule has 1 N–H and O–H groups in total. The van der Waals surface area contributed by atoms with Crippen LogP contribution < -0.4 is 5.32 Å². The first-order chi connectivity index (χ1) is 7.95. The normalized spacial score (nSPS) is 10.5. The molecule has 0 spiro atoms. The smallest absolute Gasteiger partial charge is 0.317 e. The zero-order chi connectivity index (χ0) is 13.0. The molecule has 1 aromatic carbocycles. The van der Waals surface area contributed by atoms with Gasteiger partial charge in [0.15, 0.2) is 0 Å². The largest absolute Gasteiger partial charge is 0.341 e. The van der Waals surface area contributed by atoms with E-state index in [4.69, 9.17) is 0 Å². The van der Waals surface area contributed by atoms with Crippen LogP contribution in [-0.4, -0.2) is 25.0 Å². The van der Waals surface area contributed by atoms with Crippen LogP contribution in [0.25, 0.3) is 0 Å². The summed E-state index contributed by atoms with van der Waals surface area (Å²) >= 11 is 0. The minimum atomic E-state index is -0.0562. The Bertz CT molecular complexity index is 399. The monoisotopic (exact) mass is 234 g/mol. The van der Waals surface area contributed by atoms with Crippen molar-refractivity contribution in [2.75, 3.05) is 14.1 Å². The molecule has 0 saturated heterocycles. The molecule has 0 aliphatic heterocycles. The lowest BCUT2D eigenvalue weighted by molar-refractivity contribution is 0.209. The SMILES string of the molecule is CNC(=O)N(C)Cc1cc(C(C)C)ccc1C. The van der Waals surface area contributed by atoms with Gasteiger partial charge in [0.05, 0.1) is 0 Å². The van der Waals surface area contributed by atoms with E-state index in [1.54, 1.807) is 19.0 Å². The van der Waals surface area contributed by atoms with E-state index in [9.17, 15) is 4.79 Å². The summed E-state index contributed by atoms with van der Waals surface area (Å²) in [5, 5.41) is 2.63. The Kier molecular flexibility index (Phi) is 4.55. The number of benzene rings is 1. The highest BCUT2D eigenvalue weighted by atomic mass is 16.2. The maximum absolute atomic E-state index is 11.5. The first-order valence-corrected chi connectivity index (χ1v) is 5.98. The number of carbonyl (C=O) groups is 1. The number of carbonyl (C=O) groups excluding carboxylic acids is 1. The number of amides is 2. The number of nitrogens with one attached hydrogen (secondary N) is 1. The van der Waals surface area contributed by atoms with Gasteiger partial charge in [-0.2, -0.15) is 0 Å². The molecule has 0 bridgehead atoms. The van der Waals surface area contributed by atoms with E-state index in [1.165, 1.54) is 16.7 Å². The summed E-state index contributed by atoms with van der Waals surface area (Å²) in [7, 11) is 3.45. The van der Waals surface area contributed by atoms with E-state index in [-0.39, 0.29) is 6.03 Å². The van der Waals surface area contributed by atoms with Crippen molar-refractivity contribution >= 4 is 6.03 Å². The summed E-state index contributed by atoms with van der Waals surface area (Å²) < 4.78 is 0. The van der Waals surface area contributed by atoms with Crippen LogP contribution in [0.1, 0.15) is 36.5 Å². The van der Waals surface area contributed by atoms with Crippen LogP contribution in [0.15, 0.2) is 18.2 Å². The fourth-order valence-electron chi connectivity index (χ4n) is 1.74. The number of hydrogen-bond donors (Lipinski definition) is 1. The Balaban J connectivity index is 2.89. The van der Waals surface area contributed by atoms with Gasteiger partial charge in [-0.3, -0.25) is 0 Å². The number of hydrogen-bond acceptors (Lipinski definition) is 1. The minimum Gasteiger partial charge on any atom is -0.341 e. The van der Waals surface area contributed by atoms with Gasteiger partial charge in [-0.05, 0) is 29.5 Å². The van der Waals surface area contributed by atoms with E-state index in [0.29, 0.717) is 12.5 Å². The molecule has 0 unspecified atom stereocenters. The molecule has 0 aliphatic rings. The standard InChI is InChI=1S/C14H22N2O/c1-10(2)12-7-6-11(3)13(8-12)9-16(5)14(17)15-4/h6-8,10H,9H2,1-5H3,(H,15,17). The van der Waals surface area contributed by atoms with Gasteiger partial charge in [0, 0.05) is 20.6 Å². The highest BCUT2D eigenvalue weighted by molar-refractivity contribution is 5.73. The van der Waals surface area contributed by atoms with Crippen molar-refractivity contribution in [1.29, 1.82) is 0 Å². The second-order valence-corrected chi connectivity index (χ2v) is 4.75. The third kappa shape index (κ3) is 3.48. The van der Waals surface area contributed by atoms with Crippen molar-refractivity contribution in [3.05, 3.63) is 34.9 Å². The van der Waals surface area contributed by atoms with Gasteiger partial charge < -0.3 is 10.2 Å². The molecular weight excluding hydrogens is 212 g/mol. The van der Waals surface area contributed by atoms with E-state index in [2.05, 4.69) is 44.3 Å². The molecule has 0 aromatic heterocycles. The zero-order valence-corrected chi connectivity index (χ0v) is 11.4. The van der Waals surface area contributed by atoms with Crippen LogP contribution >= 0.6 is 0 Å². The average Bonchev–Trinajstić information content (AvgIpc) is 2.30. The molecule has 1 rings (SSSR count). The lowest BCUT2D eigenvalue weighted by atomic mass is 9.98. The summed E-state index contributed by atoms with van der Waals surface area (Å²) in [5.41, 5.74) is 3.75. The fourth-order valence-corrected chi connectivity index (χ4v) is 1.74. The van der Waals surface area contributed by atoms with Gasteiger partial charge in [-0.25, -0.2) is 4.79 Å². The van der Waals surface area contributed by atoms with Crippen LogP contribution in [0.5, 0.6) is 0 Å². The summed E-state index contributed by atoms with van der Waals surface area (Å²) in [6.07, 6.45) is 0. The van der Waals surface area contributed by atoms with Crippen molar-refractivity contribution in [2.24, 2.45) is 0 Å². The molecule has 94 valence electrons. The molecule has 0 fully saturated rings. The quantitative estimate of drug-likeness (QED) is 0.857. The van der Waals surface area contributed by atoms with Crippen LogP contribution in [0.2, 0.25) is 0 Å². The molecule has 3 heteroatoms. The van der Waals surface area contributed by atoms with Crippen LogP contribution in [0.4, 0.5) is 4.79 Å². The summed E-state index contributed by atoms with van der Waals surface area (Å²) in [6.45, 7) is 7.08. The van der Waals surface area contributed by atoms with Gasteiger partial charge in [0.2, 0.25) is 0 Å². The highest BCUT2D eigenvalue weighted by Gasteiger charge is 2.09. The van der Waals surface area contributed by atoms with E-state index >= 15 is 0 Å². The Morgan fingerprint density at radius 2 is 2.06 bits per heavy atom. The van der Waals surface area contributed by atoms with Crippen LogP contribution in [0, 0.1) is 6.92 Å². The van der Waals surface area contributed by atoms with Crippen molar-refractivity contribution in [3.8, 4) is 0 Å². The molecule has 17 heavy (non-hydrogen) atoms. The molecule has 0 aliphatic carbocycles. The van der Waals surface area contributed by atoms with Gasteiger partial charge >= 0.3 is 6.03 Å². The third-order valence-corrected chi connectivity index (χ3v) is 3.01. The number of rotatable bonds is 3. The minimum absolute atomic E-state index is 0.0562.